The van der Waals surface area contributed by atoms with Gasteiger partial charge in [-0.1, -0.05) is 25.1 Å². The first-order valence-corrected chi connectivity index (χ1v) is 5.74. The summed E-state index contributed by atoms with van der Waals surface area (Å²) in [5.41, 5.74) is 0.846. The molecule has 17 heavy (non-hydrogen) atoms. The third-order valence-electron chi connectivity index (χ3n) is 2.55. The normalized spacial score (nSPS) is 11.9. The van der Waals surface area contributed by atoms with Gasteiger partial charge in [-0.25, -0.2) is 0 Å². The Morgan fingerprint density at radius 1 is 1.47 bits per heavy atom. The lowest BCUT2D eigenvalue weighted by Gasteiger charge is -2.11. The zero-order chi connectivity index (χ0) is 12.7. The molecule has 4 heteroatoms. The number of ether oxygens (including phenoxy) is 1. The number of aliphatic hydroxyl groups is 1. The first-order valence-electron chi connectivity index (χ1n) is 5.74. The molecule has 0 spiro atoms. The number of methoxy groups -OCH3 is 1. The molecule has 94 valence electrons. The van der Waals surface area contributed by atoms with Crippen molar-refractivity contribution in [1.82, 2.24) is 5.32 Å². The van der Waals surface area contributed by atoms with Crippen LogP contribution < -0.4 is 10.1 Å². The molecule has 0 aliphatic carbocycles. The van der Waals surface area contributed by atoms with E-state index in [9.17, 15) is 9.90 Å². The van der Waals surface area contributed by atoms with Crippen LogP contribution in [0.4, 0.5) is 0 Å². The molecule has 0 heterocycles. The zero-order valence-electron chi connectivity index (χ0n) is 10.3. The van der Waals surface area contributed by atoms with Crippen molar-refractivity contribution in [3.05, 3.63) is 29.8 Å². The molecular weight excluding hydrogens is 218 g/mol. The van der Waals surface area contributed by atoms with Gasteiger partial charge in [-0.05, 0) is 12.5 Å². The van der Waals surface area contributed by atoms with Gasteiger partial charge < -0.3 is 15.2 Å². The van der Waals surface area contributed by atoms with Crippen LogP contribution in [0.15, 0.2) is 24.3 Å². The summed E-state index contributed by atoms with van der Waals surface area (Å²) < 4.78 is 5.16. The summed E-state index contributed by atoms with van der Waals surface area (Å²) >= 11 is 0. The molecule has 0 saturated carbocycles. The number of amides is 1. The molecule has 1 amide bonds. The van der Waals surface area contributed by atoms with Crippen molar-refractivity contribution in [3.8, 4) is 5.75 Å². The molecule has 1 aromatic rings. The number of carbonyl (C=O) groups excluding carboxylic acids is 1. The van der Waals surface area contributed by atoms with E-state index in [1.807, 2.05) is 31.2 Å². The van der Waals surface area contributed by atoms with Gasteiger partial charge in [0.25, 0.3) is 0 Å². The molecule has 4 nitrogen and oxygen atoms in total. The number of benzene rings is 1. The maximum atomic E-state index is 11.6. The molecule has 0 radical (unpaired) electrons. The number of nitrogens with one attached hydrogen (secondary N) is 1. The summed E-state index contributed by atoms with van der Waals surface area (Å²) in [4.78, 5) is 11.6. The van der Waals surface area contributed by atoms with Gasteiger partial charge in [-0.2, -0.15) is 0 Å². The highest BCUT2D eigenvalue weighted by Crippen LogP contribution is 2.17. The number of hydrogen-bond acceptors (Lipinski definition) is 3. The number of para-hydroxylation sites is 1. The zero-order valence-corrected chi connectivity index (χ0v) is 10.3. The Morgan fingerprint density at radius 3 is 2.82 bits per heavy atom. The van der Waals surface area contributed by atoms with Gasteiger partial charge in [-0.15, -0.1) is 0 Å². The molecule has 1 atom stereocenters. The number of aliphatic hydroxyl groups excluding tert-OH is 1. The molecule has 0 aliphatic rings. The highest BCUT2D eigenvalue weighted by atomic mass is 16.5. The van der Waals surface area contributed by atoms with Crippen LogP contribution >= 0.6 is 0 Å². The molecule has 1 rings (SSSR count). The topological polar surface area (TPSA) is 58.6 Å². The Balaban J connectivity index is 2.50. The summed E-state index contributed by atoms with van der Waals surface area (Å²) in [7, 11) is 1.58. The Bertz CT molecular complexity index is 365. The van der Waals surface area contributed by atoms with E-state index >= 15 is 0 Å². The van der Waals surface area contributed by atoms with E-state index in [1.54, 1.807) is 7.11 Å². The molecule has 1 unspecified atom stereocenters. The van der Waals surface area contributed by atoms with Crippen molar-refractivity contribution in [2.45, 2.75) is 25.9 Å². The number of rotatable bonds is 6. The van der Waals surface area contributed by atoms with E-state index in [0.29, 0.717) is 18.7 Å². The second kappa shape index (κ2) is 6.91. The van der Waals surface area contributed by atoms with E-state index in [1.165, 1.54) is 0 Å². The molecule has 0 saturated heterocycles. The van der Waals surface area contributed by atoms with Gasteiger partial charge in [0.2, 0.25) is 5.91 Å². The minimum atomic E-state index is -0.475. The number of carbonyl (C=O) groups is 1. The largest absolute Gasteiger partial charge is 0.496 e. The predicted molar refractivity (Wildman–Crippen MR) is 66.0 cm³/mol. The molecular formula is C13H19NO3. The Labute approximate surface area is 102 Å². The van der Waals surface area contributed by atoms with E-state index in [-0.39, 0.29) is 12.3 Å². The van der Waals surface area contributed by atoms with Crippen molar-refractivity contribution < 1.29 is 14.6 Å². The standard InChI is InChI=1S/C13H19NO3/c1-3-11(15)9-14-13(16)8-10-6-4-5-7-12(10)17-2/h4-7,11,15H,3,8-9H2,1-2H3,(H,14,16). The van der Waals surface area contributed by atoms with Gasteiger partial charge in [0.1, 0.15) is 5.75 Å². The summed E-state index contributed by atoms with van der Waals surface area (Å²) in [6.07, 6.45) is 0.423. The monoisotopic (exact) mass is 237 g/mol. The maximum Gasteiger partial charge on any atom is 0.224 e. The van der Waals surface area contributed by atoms with E-state index in [2.05, 4.69) is 5.32 Å². The SMILES string of the molecule is CCC(O)CNC(=O)Cc1ccccc1OC. The minimum Gasteiger partial charge on any atom is -0.496 e. The van der Waals surface area contributed by atoms with Crippen molar-refractivity contribution in [1.29, 1.82) is 0 Å². The van der Waals surface area contributed by atoms with Crippen LogP contribution in [0, 0.1) is 0 Å². The molecule has 0 aromatic heterocycles. The van der Waals surface area contributed by atoms with Crippen LogP contribution in [0.5, 0.6) is 5.75 Å². The summed E-state index contributed by atoms with van der Waals surface area (Å²) in [6, 6.07) is 7.41. The molecule has 0 fully saturated rings. The summed E-state index contributed by atoms with van der Waals surface area (Å²) in [6.45, 7) is 2.17. The third-order valence-corrected chi connectivity index (χ3v) is 2.55. The van der Waals surface area contributed by atoms with Crippen molar-refractivity contribution in [2.75, 3.05) is 13.7 Å². The third kappa shape index (κ3) is 4.44. The highest BCUT2D eigenvalue weighted by Gasteiger charge is 2.09. The number of hydrogen-bond donors (Lipinski definition) is 2. The van der Waals surface area contributed by atoms with Crippen LogP contribution in [-0.2, 0) is 11.2 Å². The molecule has 1 aromatic carbocycles. The van der Waals surface area contributed by atoms with Crippen LogP contribution in [0.25, 0.3) is 0 Å². The van der Waals surface area contributed by atoms with Crippen LogP contribution in [0.2, 0.25) is 0 Å². The first-order chi connectivity index (χ1) is 8.17. The lowest BCUT2D eigenvalue weighted by atomic mass is 10.1. The van der Waals surface area contributed by atoms with Gasteiger partial charge in [-0.3, -0.25) is 4.79 Å². The summed E-state index contributed by atoms with van der Waals surface area (Å²) in [5, 5.41) is 12.0. The summed E-state index contributed by atoms with van der Waals surface area (Å²) in [5.74, 6) is 0.598. The van der Waals surface area contributed by atoms with Crippen molar-refractivity contribution in [3.63, 3.8) is 0 Å². The second-order valence-corrected chi connectivity index (χ2v) is 3.85. The van der Waals surface area contributed by atoms with Crippen molar-refractivity contribution >= 4 is 5.91 Å². The Kier molecular flexibility index (Phi) is 5.49. The molecule has 0 aliphatic heterocycles. The first kappa shape index (κ1) is 13.5. The van der Waals surface area contributed by atoms with E-state index in [4.69, 9.17) is 4.74 Å². The quantitative estimate of drug-likeness (QED) is 0.779. The average molecular weight is 237 g/mol. The molecule has 2 N–H and O–H groups in total. The van der Waals surface area contributed by atoms with E-state index in [0.717, 1.165) is 5.56 Å². The van der Waals surface area contributed by atoms with Crippen molar-refractivity contribution in [2.24, 2.45) is 0 Å². The average Bonchev–Trinajstić information content (AvgIpc) is 2.36. The molecule has 0 bridgehead atoms. The van der Waals surface area contributed by atoms with Crippen LogP contribution in [-0.4, -0.2) is 30.8 Å². The van der Waals surface area contributed by atoms with Crippen LogP contribution in [0.1, 0.15) is 18.9 Å². The Hall–Kier alpha value is -1.55. The fourth-order valence-electron chi connectivity index (χ4n) is 1.46. The maximum absolute atomic E-state index is 11.6. The van der Waals surface area contributed by atoms with Crippen LogP contribution in [0.3, 0.4) is 0 Å². The fourth-order valence-corrected chi connectivity index (χ4v) is 1.46. The van der Waals surface area contributed by atoms with Gasteiger partial charge in [0.15, 0.2) is 0 Å². The lowest BCUT2D eigenvalue weighted by molar-refractivity contribution is -0.120. The fraction of sp³-hybridized carbons (Fsp3) is 0.462. The van der Waals surface area contributed by atoms with E-state index < -0.39 is 6.10 Å². The highest BCUT2D eigenvalue weighted by molar-refractivity contribution is 5.79. The Morgan fingerprint density at radius 2 is 2.18 bits per heavy atom. The smallest absolute Gasteiger partial charge is 0.224 e. The minimum absolute atomic E-state index is 0.109. The van der Waals surface area contributed by atoms with Gasteiger partial charge in [0.05, 0.1) is 19.6 Å². The lowest BCUT2D eigenvalue weighted by Crippen LogP contribution is -2.32. The van der Waals surface area contributed by atoms with Gasteiger partial charge >= 0.3 is 0 Å². The van der Waals surface area contributed by atoms with Gasteiger partial charge in [0, 0.05) is 12.1 Å². The second-order valence-electron chi connectivity index (χ2n) is 3.85. The predicted octanol–water partition coefficient (Wildman–Crippen LogP) is 1.12.